The lowest BCUT2D eigenvalue weighted by molar-refractivity contribution is -0.114. The zero-order valence-electron chi connectivity index (χ0n) is 14.2. The summed E-state index contributed by atoms with van der Waals surface area (Å²) in [7, 11) is 0. The number of imidazole rings is 1. The van der Waals surface area contributed by atoms with Crippen LogP contribution in [0.3, 0.4) is 0 Å². The Hall–Kier alpha value is -3.55. The molecule has 0 atom stereocenters. The average Bonchev–Trinajstić information content (AvgIpc) is 3.03. The number of hydrogen-bond acceptors (Lipinski definition) is 4. The number of aryl methyl sites for hydroxylation is 1. The first-order valence-electron chi connectivity index (χ1n) is 7.79. The summed E-state index contributed by atoms with van der Waals surface area (Å²) in [4.78, 5) is 31.8. The minimum absolute atomic E-state index is 0.175. The number of nitrogens with one attached hydrogen (secondary N) is 2. The van der Waals surface area contributed by atoms with Crippen LogP contribution in [-0.2, 0) is 4.79 Å². The van der Waals surface area contributed by atoms with E-state index in [9.17, 15) is 14.0 Å². The Labute approximate surface area is 148 Å². The molecule has 26 heavy (non-hydrogen) atoms. The van der Waals surface area contributed by atoms with Crippen molar-refractivity contribution in [3.8, 4) is 5.82 Å². The number of pyridine rings is 1. The van der Waals surface area contributed by atoms with Crippen LogP contribution in [0.5, 0.6) is 0 Å². The molecule has 8 heteroatoms. The maximum Gasteiger partial charge on any atom is 0.258 e. The summed E-state index contributed by atoms with van der Waals surface area (Å²) in [5.41, 5.74) is 0.583. The van der Waals surface area contributed by atoms with E-state index in [1.165, 1.54) is 25.3 Å². The van der Waals surface area contributed by atoms with Crippen molar-refractivity contribution < 1.29 is 14.0 Å². The SMILES string of the molecule is CC(=O)Nc1ccc(F)c(C(=O)Nc2ccc(-n3ccnc3C)nc2)c1. The van der Waals surface area contributed by atoms with Gasteiger partial charge < -0.3 is 10.6 Å². The highest BCUT2D eigenvalue weighted by Gasteiger charge is 2.14. The number of carbonyl (C=O) groups excluding carboxylic acids is 2. The minimum Gasteiger partial charge on any atom is -0.326 e. The van der Waals surface area contributed by atoms with Crippen LogP contribution in [-0.4, -0.2) is 26.3 Å². The summed E-state index contributed by atoms with van der Waals surface area (Å²) in [5, 5.41) is 5.10. The molecule has 132 valence electrons. The topological polar surface area (TPSA) is 88.9 Å². The van der Waals surface area contributed by atoms with Crippen molar-refractivity contribution in [3.63, 3.8) is 0 Å². The maximum atomic E-state index is 14.0. The molecular formula is C18H16FN5O2. The van der Waals surface area contributed by atoms with E-state index in [1.807, 2.05) is 6.92 Å². The molecular weight excluding hydrogens is 337 g/mol. The Bertz CT molecular complexity index is 966. The van der Waals surface area contributed by atoms with E-state index in [-0.39, 0.29) is 11.5 Å². The largest absolute Gasteiger partial charge is 0.326 e. The second-order valence-corrected chi connectivity index (χ2v) is 5.58. The van der Waals surface area contributed by atoms with Crippen LogP contribution in [0.1, 0.15) is 23.1 Å². The minimum atomic E-state index is -0.685. The molecule has 0 aliphatic carbocycles. The average molecular weight is 353 g/mol. The molecule has 0 aliphatic rings. The van der Waals surface area contributed by atoms with Crippen LogP contribution >= 0.6 is 0 Å². The van der Waals surface area contributed by atoms with E-state index in [2.05, 4.69) is 20.6 Å². The van der Waals surface area contributed by atoms with Crippen LogP contribution in [0.25, 0.3) is 5.82 Å². The van der Waals surface area contributed by atoms with Gasteiger partial charge in [0.2, 0.25) is 5.91 Å². The first kappa shape index (κ1) is 17.3. The maximum absolute atomic E-state index is 14.0. The van der Waals surface area contributed by atoms with Gasteiger partial charge in [0.25, 0.3) is 5.91 Å². The van der Waals surface area contributed by atoms with E-state index in [1.54, 1.807) is 29.1 Å². The van der Waals surface area contributed by atoms with Gasteiger partial charge in [0.15, 0.2) is 0 Å². The fourth-order valence-corrected chi connectivity index (χ4v) is 2.40. The molecule has 0 saturated heterocycles. The lowest BCUT2D eigenvalue weighted by atomic mass is 10.1. The Morgan fingerprint density at radius 3 is 2.46 bits per heavy atom. The number of amides is 2. The first-order valence-corrected chi connectivity index (χ1v) is 7.79. The molecule has 2 aromatic heterocycles. The molecule has 0 aliphatic heterocycles. The van der Waals surface area contributed by atoms with Gasteiger partial charge in [-0.3, -0.25) is 14.2 Å². The van der Waals surface area contributed by atoms with Crippen molar-refractivity contribution in [1.82, 2.24) is 14.5 Å². The quantitative estimate of drug-likeness (QED) is 0.755. The zero-order valence-corrected chi connectivity index (χ0v) is 14.2. The Morgan fingerprint density at radius 2 is 1.85 bits per heavy atom. The van der Waals surface area contributed by atoms with Crippen molar-refractivity contribution in [2.75, 3.05) is 10.6 Å². The van der Waals surface area contributed by atoms with Crippen LogP contribution < -0.4 is 10.6 Å². The summed E-state index contributed by atoms with van der Waals surface area (Å²) in [6.07, 6.45) is 4.92. The third kappa shape index (κ3) is 3.75. The van der Waals surface area contributed by atoms with Gasteiger partial charge in [0.05, 0.1) is 17.4 Å². The van der Waals surface area contributed by atoms with Gasteiger partial charge in [-0.05, 0) is 37.3 Å². The van der Waals surface area contributed by atoms with Crippen LogP contribution in [0, 0.1) is 12.7 Å². The van der Waals surface area contributed by atoms with Crippen molar-refractivity contribution >= 4 is 23.2 Å². The van der Waals surface area contributed by atoms with Gasteiger partial charge >= 0.3 is 0 Å². The molecule has 0 unspecified atom stereocenters. The first-order chi connectivity index (χ1) is 12.4. The highest BCUT2D eigenvalue weighted by atomic mass is 19.1. The van der Waals surface area contributed by atoms with E-state index < -0.39 is 11.7 Å². The summed E-state index contributed by atoms with van der Waals surface area (Å²) in [5.74, 6) is -0.196. The van der Waals surface area contributed by atoms with Crippen LogP contribution in [0.4, 0.5) is 15.8 Å². The Morgan fingerprint density at radius 1 is 1.08 bits per heavy atom. The van der Waals surface area contributed by atoms with Gasteiger partial charge in [0, 0.05) is 25.0 Å². The van der Waals surface area contributed by atoms with Gasteiger partial charge in [-0.2, -0.15) is 0 Å². The Kier molecular flexibility index (Phi) is 4.74. The molecule has 0 spiro atoms. The van der Waals surface area contributed by atoms with E-state index in [4.69, 9.17) is 0 Å². The van der Waals surface area contributed by atoms with Gasteiger partial charge in [0.1, 0.15) is 17.5 Å². The molecule has 3 aromatic rings. The standard InChI is InChI=1S/C18H16FN5O2/c1-11-20-7-8-24(11)17-6-4-14(10-21-17)23-18(26)15-9-13(22-12(2)25)3-5-16(15)19/h3-10H,1-2H3,(H,22,25)(H,23,26). The van der Waals surface area contributed by atoms with Crippen LogP contribution in [0.15, 0.2) is 48.9 Å². The Balaban J connectivity index is 1.78. The van der Waals surface area contributed by atoms with Crippen molar-refractivity contribution in [1.29, 1.82) is 0 Å². The third-order valence-corrected chi connectivity index (χ3v) is 3.61. The summed E-state index contributed by atoms with van der Waals surface area (Å²) in [6, 6.07) is 7.17. The summed E-state index contributed by atoms with van der Waals surface area (Å²) in [6.45, 7) is 3.18. The monoisotopic (exact) mass is 353 g/mol. The molecule has 0 saturated carbocycles. The van der Waals surface area contributed by atoms with E-state index in [0.29, 0.717) is 17.2 Å². The highest BCUT2D eigenvalue weighted by molar-refractivity contribution is 6.05. The number of carbonyl (C=O) groups is 2. The van der Waals surface area contributed by atoms with Gasteiger partial charge in [-0.25, -0.2) is 14.4 Å². The van der Waals surface area contributed by atoms with E-state index in [0.717, 1.165) is 11.9 Å². The molecule has 3 rings (SSSR count). The molecule has 0 bridgehead atoms. The third-order valence-electron chi connectivity index (χ3n) is 3.61. The lowest BCUT2D eigenvalue weighted by Gasteiger charge is -2.09. The molecule has 2 amide bonds. The predicted octanol–water partition coefficient (Wildman–Crippen LogP) is 2.93. The van der Waals surface area contributed by atoms with Crippen molar-refractivity contribution in [3.05, 3.63) is 66.1 Å². The molecule has 1 aromatic carbocycles. The second-order valence-electron chi connectivity index (χ2n) is 5.58. The number of halogens is 1. The second kappa shape index (κ2) is 7.14. The summed E-state index contributed by atoms with van der Waals surface area (Å²) >= 11 is 0. The molecule has 0 fully saturated rings. The normalized spacial score (nSPS) is 10.4. The fraction of sp³-hybridized carbons (Fsp3) is 0.111. The molecule has 0 radical (unpaired) electrons. The lowest BCUT2D eigenvalue weighted by Crippen LogP contribution is -2.15. The number of benzene rings is 1. The number of rotatable bonds is 4. The smallest absolute Gasteiger partial charge is 0.258 e. The number of nitrogens with zero attached hydrogens (tertiary/aromatic N) is 3. The van der Waals surface area contributed by atoms with Crippen molar-refractivity contribution in [2.24, 2.45) is 0 Å². The van der Waals surface area contributed by atoms with Crippen LogP contribution in [0.2, 0.25) is 0 Å². The number of hydrogen-bond donors (Lipinski definition) is 2. The van der Waals surface area contributed by atoms with Gasteiger partial charge in [-0.15, -0.1) is 0 Å². The molecule has 7 nitrogen and oxygen atoms in total. The molecule has 2 heterocycles. The van der Waals surface area contributed by atoms with Crippen molar-refractivity contribution in [2.45, 2.75) is 13.8 Å². The number of aromatic nitrogens is 3. The number of anilines is 2. The predicted molar refractivity (Wildman–Crippen MR) is 94.8 cm³/mol. The fourth-order valence-electron chi connectivity index (χ4n) is 2.40. The van der Waals surface area contributed by atoms with E-state index >= 15 is 0 Å². The molecule has 2 N–H and O–H groups in total. The summed E-state index contributed by atoms with van der Waals surface area (Å²) < 4.78 is 15.7. The zero-order chi connectivity index (χ0) is 18.7. The highest BCUT2D eigenvalue weighted by Crippen LogP contribution is 2.17. The van der Waals surface area contributed by atoms with Gasteiger partial charge in [-0.1, -0.05) is 0 Å².